The van der Waals surface area contributed by atoms with Crippen molar-refractivity contribution in [1.82, 2.24) is 56.5 Å². The smallest absolute Gasteiger partial charge is 0.339 e. The first kappa shape index (κ1) is 74.2. The molecule has 0 radical (unpaired) electrons. The van der Waals surface area contributed by atoms with Crippen LogP contribution in [0.2, 0.25) is 18.1 Å². The van der Waals surface area contributed by atoms with Crippen LogP contribution in [0.15, 0.2) is 98.5 Å². The van der Waals surface area contributed by atoms with Crippen molar-refractivity contribution < 1.29 is 65.2 Å². The Bertz CT molecular complexity index is 4430. The number of esters is 1. The number of amides is 6. The van der Waals surface area contributed by atoms with Gasteiger partial charge in [-0.15, -0.1) is 56.7 Å². The van der Waals surface area contributed by atoms with Crippen molar-refractivity contribution in [3.05, 3.63) is 143 Å². The molecule has 34 heteroatoms. The summed E-state index contributed by atoms with van der Waals surface area (Å²) < 4.78 is 53.7. The van der Waals surface area contributed by atoms with Gasteiger partial charge in [-0.25, -0.2) is 34.7 Å². The second kappa shape index (κ2) is 31.0. The van der Waals surface area contributed by atoms with Crippen LogP contribution in [0.1, 0.15) is 142 Å². The highest BCUT2D eigenvalue weighted by atomic mass is 32.2. The first-order chi connectivity index (χ1) is 46.2. The number of ether oxygens (including phenoxy) is 2. The average molecular weight is 1490 g/mol. The zero-order valence-corrected chi connectivity index (χ0v) is 61.7. The molecule has 26 nitrogen and oxygen atoms in total. The lowest BCUT2D eigenvalue weighted by molar-refractivity contribution is -0.154. The van der Waals surface area contributed by atoms with Crippen LogP contribution in [-0.4, -0.2) is 135 Å². The fraction of sp³-hybridized carbons (Fsp3) is 0.359. The predicted octanol–water partition coefficient (Wildman–Crippen LogP) is 9.21. The summed E-state index contributed by atoms with van der Waals surface area (Å²) in [6, 6.07) is 11.3. The fourth-order valence-electron chi connectivity index (χ4n) is 9.31. The fourth-order valence-corrected chi connectivity index (χ4v) is 16.0. The van der Waals surface area contributed by atoms with E-state index in [0.717, 1.165) is 67.8 Å². The molecule has 9 rings (SSSR count). The molecule has 0 unspecified atom stereocenters. The molecule has 8 aromatic rings. The van der Waals surface area contributed by atoms with Crippen molar-refractivity contribution in [3.8, 4) is 38.4 Å². The van der Waals surface area contributed by atoms with Crippen molar-refractivity contribution in [3.63, 3.8) is 0 Å². The number of nitrogens with one attached hydrogen (secondary N) is 5. The number of allylic oxidation sites excluding steroid dienone is 1. The van der Waals surface area contributed by atoms with E-state index >= 15 is 0 Å². The molecule has 8 N–H and O–H groups in total. The van der Waals surface area contributed by atoms with E-state index in [9.17, 15) is 47.1 Å². The summed E-state index contributed by atoms with van der Waals surface area (Å²) in [4.78, 5) is 127. The first-order valence-corrected chi connectivity index (χ1v) is 39.7. The highest BCUT2D eigenvalue weighted by Crippen LogP contribution is 2.43. The summed E-state index contributed by atoms with van der Waals surface area (Å²) in [5, 5.41) is 31.4. The number of aliphatic hydroxyl groups is 1. The monoisotopic (exact) mass is 1480 g/mol. The number of thiazole rings is 5. The summed E-state index contributed by atoms with van der Waals surface area (Å²) in [6.07, 6.45) is -0.889. The van der Waals surface area contributed by atoms with Crippen molar-refractivity contribution in [2.75, 3.05) is 12.4 Å². The maximum absolute atomic E-state index is 14.8. The van der Waals surface area contributed by atoms with Gasteiger partial charge < -0.3 is 55.5 Å². The maximum atomic E-state index is 14.8. The zero-order chi connectivity index (χ0) is 71.2. The van der Waals surface area contributed by atoms with Crippen molar-refractivity contribution >= 4 is 135 Å². The number of nitrogens with two attached hydrogens (primary N) is 1. The first-order valence-electron chi connectivity index (χ1n) is 30.4. The Morgan fingerprint density at radius 3 is 1.96 bits per heavy atom. The van der Waals surface area contributed by atoms with Crippen molar-refractivity contribution in [2.24, 2.45) is 5.73 Å². The van der Waals surface area contributed by atoms with E-state index in [4.69, 9.17) is 43.8 Å². The molecule has 8 bridgehead atoms. The number of primary amides is 1. The lowest BCUT2D eigenvalue weighted by Gasteiger charge is -2.39. The number of carbonyl (C=O) groups excluding carboxylic acids is 7. The topological polar surface area (TPSA) is 374 Å². The van der Waals surface area contributed by atoms with E-state index in [2.05, 4.69) is 49.2 Å². The molecular formula is C64H72N12O14S7Si. The number of nitrogens with zero attached hydrogens (tertiary/aromatic N) is 6. The predicted molar refractivity (Wildman–Crippen MR) is 379 cm³/mol. The molecule has 0 aliphatic carbocycles. The third-order valence-electron chi connectivity index (χ3n) is 15.4. The largest absolute Gasteiger partial charge is 0.459 e. The third-order valence-corrected chi connectivity index (χ3v) is 26.0. The summed E-state index contributed by atoms with van der Waals surface area (Å²) in [5.41, 5.74) is 5.58. The van der Waals surface area contributed by atoms with Crippen LogP contribution >= 0.6 is 69.3 Å². The number of thiol groups is 1. The molecule has 0 spiro atoms. The molecule has 6 aromatic heterocycles. The van der Waals surface area contributed by atoms with E-state index in [1.807, 2.05) is 64.2 Å². The quantitative estimate of drug-likeness (QED) is 0.0172. The Kier molecular flexibility index (Phi) is 23.5. The summed E-state index contributed by atoms with van der Waals surface area (Å²) >= 11 is 9.61. The molecule has 6 amide bonds. The van der Waals surface area contributed by atoms with Crippen LogP contribution in [-0.2, 0) is 45.0 Å². The Morgan fingerprint density at radius 1 is 0.755 bits per heavy atom. The lowest BCUT2D eigenvalue weighted by Crippen LogP contribution is -2.54. The van der Waals surface area contributed by atoms with E-state index < -0.39 is 114 Å². The molecule has 1 aliphatic rings. The summed E-state index contributed by atoms with van der Waals surface area (Å²) in [5.74, 6) is -6.02. The Labute approximate surface area is 591 Å². The Hall–Kier alpha value is -8.03. The summed E-state index contributed by atoms with van der Waals surface area (Å²) in [7, 11) is -7.49. The standard InChI is InChI=1S/C64H72N12O14S7Si/c1-12-37-58-72-42(29-94-58)52(79)67-38(23-47(90-98(10,11)64(7,8)9)62(84)87-25-34-16-14-13-15-17-34)59-73-43(30-95-59)54(81)69-40(26-91)60-70-41(27-93-60)49-36(57-71-45(28-92-57)55(82)76-48(56(83)66-37)33(3)88-63(4,5)6)22-46(89-97(85,86)35-20-18-32(2)19-21-35)50(75-49)61-74-44(31-96-61)53(80)68-39(24-77)51(65)78/h12-22,27-31,33,38-40,47-48,77,91H,23-26H2,1-11H3,(H2,65,78)(H,66,83)(H,67,79)(H,68,80)(H,69,81)(H,76,82)/b37-12-/t33-,38+,39+,40+,47+,48+/m1/s1. The Balaban J connectivity index is 1.19. The van der Waals surface area contributed by atoms with Gasteiger partial charge in [-0.3, -0.25) is 28.8 Å². The number of aromatic nitrogens is 6. The molecule has 0 saturated heterocycles. The molecule has 0 fully saturated rings. The number of hydrogen-bond donors (Lipinski definition) is 8. The normalized spacial score (nSPS) is 17.3. The van der Waals surface area contributed by atoms with Crippen LogP contribution in [0.3, 0.4) is 0 Å². The second-order valence-corrected chi connectivity index (χ2v) is 36.0. The number of fused-ring (bicyclic) bond motifs is 11. The number of hydrogen-bond acceptors (Lipinski definition) is 26. The number of carbonyl (C=O) groups is 7. The zero-order valence-electron chi connectivity index (χ0n) is 54.9. The van der Waals surface area contributed by atoms with Crippen molar-refractivity contribution in [1.29, 1.82) is 0 Å². The van der Waals surface area contributed by atoms with E-state index in [0.29, 0.717) is 5.01 Å². The van der Waals surface area contributed by atoms with Gasteiger partial charge in [0.25, 0.3) is 23.6 Å². The van der Waals surface area contributed by atoms with Crippen LogP contribution in [0.5, 0.6) is 5.75 Å². The van der Waals surface area contributed by atoms with Gasteiger partial charge in [0.2, 0.25) is 11.8 Å². The maximum Gasteiger partial charge on any atom is 0.339 e. The molecule has 6 atom stereocenters. The highest BCUT2D eigenvalue weighted by Gasteiger charge is 2.43. The number of aryl methyl sites for hydroxylation is 1. The SMILES string of the molecule is C/C=C1\NC(=O)[C@H]([C@@H](C)OC(C)(C)C)NC(=O)c2csc(n2)-c2cc(OS(=O)(=O)c3ccc(C)cc3)c(-c3nc(C(=O)N[C@@H](CO)C(N)=O)cs3)nc2-c2csc(n2)[C@H](CS)NC(=O)c2csc(n2)[C@H](C[C@H](O[Si](C)(C)C(C)(C)C)C(=O)OCc2ccccc2)NC(=O)c2csc1n2. The van der Waals surface area contributed by atoms with Gasteiger partial charge in [-0.2, -0.15) is 21.0 Å². The third kappa shape index (κ3) is 18.1. The van der Waals surface area contributed by atoms with Gasteiger partial charge in [0.05, 0.1) is 36.1 Å². The number of aliphatic hydroxyl groups excluding tert-OH is 1. The van der Waals surface area contributed by atoms with Crippen LogP contribution < -0.4 is 36.5 Å². The minimum atomic E-state index is -4.70. The van der Waals surface area contributed by atoms with E-state index in [1.54, 1.807) is 65.1 Å². The molecule has 518 valence electrons. The van der Waals surface area contributed by atoms with Gasteiger partial charge in [-0.05, 0) is 83.4 Å². The van der Waals surface area contributed by atoms with Crippen LogP contribution in [0.25, 0.3) is 38.4 Å². The molecule has 98 heavy (non-hydrogen) atoms. The number of rotatable bonds is 18. The summed E-state index contributed by atoms with van der Waals surface area (Å²) in [6.45, 7) is 19.5. The van der Waals surface area contributed by atoms with Gasteiger partial charge in [0.15, 0.2) is 14.1 Å². The van der Waals surface area contributed by atoms with Gasteiger partial charge in [-0.1, -0.05) is 74.9 Å². The second-order valence-electron chi connectivity index (χ2n) is 25.0. The lowest BCUT2D eigenvalue weighted by atomic mass is 10.1. The van der Waals surface area contributed by atoms with Gasteiger partial charge >= 0.3 is 16.1 Å². The highest BCUT2D eigenvalue weighted by molar-refractivity contribution is 7.87. The molecule has 0 saturated carbocycles. The minimum absolute atomic E-state index is 0.00976. The molecule has 7 heterocycles. The molecule has 1 aliphatic heterocycles. The van der Waals surface area contributed by atoms with Crippen LogP contribution in [0, 0.1) is 6.92 Å². The number of benzene rings is 2. The minimum Gasteiger partial charge on any atom is -0.459 e. The molecular weight excluding hydrogens is 1410 g/mol. The van der Waals surface area contributed by atoms with Gasteiger partial charge in [0.1, 0.15) is 94.6 Å². The molecule has 2 aromatic carbocycles. The van der Waals surface area contributed by atoms with E-state index in [1.165, 1.54) is 39.7 Å². The van der Waals surface area contributed by atoms with Crippen molar-refractivity contribution in [2.45, 2.75) is 140 Å². The number of pyridine rings is 1. The van der Waals surface area contributed by atoms with Crippen LogP contribution in [0.4, 0.5) is 0 Å². The Morgan fingerprint density at radius 2 is 1.34 bits per heavy atom. The average Bonchev–Trinajstić information content (AvgIpc) is 1.49. The van der Waals surface area contributed by atoms with E-state index in [-0.39, 0.29) is 99.9 Å². The van der Waals surface area contributed by atoms with Gasteiger partial charge in [0, 0.05) is 44.6 Å².